The van der Waals surface area contributed by atoms with Crippen LogP contribution in [0.2, 0.25) is 0 Å². The van der Waals surface area contributed by atoms with Crippen LogP contribution in [0.25, 0.3) is 0 Å². The van der Waals surface area contributed by atoms with Gasteiger partial charge in [-0.3, -0.25) is 9.80 Å². The summed E-state index contributed by atoms with van der Waals surface area (Å²) >= 11 is 0. The fourth-order valence-electron chi connectivity index (χ4n) is 4.52. The van der Waals surface area contributed by atoms with Crippen LogP contribution >= 0.6 is 0 Å². The third kappa shape index (κ3) is 6.59. The molecule has 2 unspecified atom stereocenters. The Kier molecular flexibility index (Phi) is 7.41. The van der Waals surface area contributed by atoms with E-state index in [4.69, 9.17) is 10.00 Å². The summed E-state index contributed by atoms with van der Waals surface area (Å²) in [6, 6.07) is 15.8. The van der Waals surface area contributed by atoms with E-state index in [1.54, 1.807) is 12.1 Å². The van der Waals surface area contributed by atoms with Crippen molar-refractivity contribution in [1.82, 2.24) is 14.1 Å². The second-order valence-corrected chi connectivity index (χ2v) is 10.8. The average Bonchev–Trinajstić information content (AvgIpc) is 2.77. The Labute approximate surface area is 195 Å². The fourth-order valence-corrected chi connectivity index (χ4v) is 5.32. The monoisotopic (exact) mass is 472 g/mol. The average molecular weight is 473 g/mol. The molecule has 2 aliphatic heterocycles. The molecule has 0 radical (unpaired) electrons. The Bertz CT molecular complexity index is 1070. The van der Waals surface area contributed by atoms with Gasteiger partial charge in [0.25, 0.3) is 0 Å². The lowest BCUT2D eigenvalue weighted by molar-refractivity contribution is -0.140. The van der Waals surface area contributed by atoms with Crippen molar-refractivity contribution in [2.75, 3.05) is 45.5 Å². The molecule has 2 heterocycles. The van der Waals surface area contributed by atoms with E-state index in [1.165, 1.54) is 28.3 Å². The highest BCUT2D eigenvalue weighted by Crippen LogP contribution is 2.21. The van der Waals surface area contributed by atoms with Gasteiger partial charge >= 0.3 is 0 Å². The molecule has 33 heavy (non-hydrogen) atoms. The number of morpholine rings is 2. The van der Waals surface area contributed by atoms with Crippen LogP contribution in [0.3, 0.4) is 0 Å². The van der Waals surface area contributed by atoms with Crippen LogP contribution in [0.1, 0.15) is 16.7 Å². The lowest BCUT2D eigenvalue weighted by Gasteiger charge is -2.46. The predicted octanol–water partition coefficient (Wildman–Crippen LogP) is 2.04. The molecule has 2 atom stereocenters. The van der Waals surface area contributed by atoms with Crippen molar-refractivity contribution in [3.8, 4) is 6.07 Å². The van der Waals surface area contributed by atoms with Gasteiger partial charge in [-0.25, -0.2) is 12.8 Å². The highest BCUT2D eigenvalue weighted by atomic mass is 32.2. The molecule has 2 aromatic carbocycles. The molecule has 176 valence electrons. The first kappa shape index (κ1) is 23.8. The quantitative estimate of drug-likeness (QED) is 0.585. The third-order valence-corrected chi connectivity index (χ3v) is 7.38. The number of benzene rings is 2. The van der Waals surface area contributed by atoms with Gasteiger partial charge in [-0.1, -0.05) is 24.3 Å². The number of halogens is 1. The van der Waals surface area contributed by atoms with Gasteiger partial charge in [-0.05, 0) is 35.4 Å². The number of nitrogens with zero attached hydrogens (tertiary/aromatic N) is 4. The Morgan fingerprint density at radius 1 is 1.00 bits per heavy atom. The lowest BCUT2D eigenvalue weighted by Crippen LogP contribution is -2.59. The summed E-state index contributed by atoms with van der Waals surface area (Å²) in [6.07, 6.45) is 1.38. The van der Waals surface area contributed by atoms with Crippen LogP contribution in [-0.4, -0.2) is 80.3 Å². The smallest absolute Gasteiger partial charge is 0.211 e. The minimum atomic E-state index is -3.39. The molecule has 0 amide bonds. The van der Waals surface area contributed by atoms with Crippen LogP contribution in [0.15, 0.2) is 48.5 Å². The molecule has 7 nitrogen and oxygen atoms in total. The number of nitriles is 1. The van der Waals surface area contributed by atoms with Gasteiger partial charge in [-0.2, -0.15) is 9.57 Å². The Hall–Kier alpha value is -2.35. The zero-order valence-electron chi connectivity index (χ0n) is 18.7. The van der Waals surface area contributed by atoms with Gasteiger partial charge in [0.2, 0.25) is 10.0 Å². The normalized spacial score (nSPS) is 21.8. The summed E-state index contributed by atoms with van der Waals surface area (Å²) < 4.78 is 45.4. The highest BCUT2D eigenvalue weighted by Gasteiger charge is 2.35. The Morgan fingerprint density at radius 2 is 1.58 bits per heavy atom. The molecule has 2 saturated heterocycles. The number of hydrogen-bond donors (Lipinski definition) is 0. The topological polar surface area (TPSA) is 76.9 Å². The fraction of sp³-hybridized carbons (Fsp3) is 0.458. The molecule has 9 heteroatoms. The molecule has 2 aromatic rings. The zero-order chi connectivity index (χ0) is 23.4. The van der Waals surface area contributed by atoms with Crippen LogP contribution in [0.5, 0.6) is 0 Å². The van der Waals surface area contributed by atoms with Gasteiger partial charge in [0.05, 0.1) is 30.1 Å². The summed E-state index contributed by atoms with van der Waals surface area (Å²) in [7, 11) is -3.39. The van der Waals surface area contributed by atoms with Crippen molar-refractivity contribution in [1.29, 1.82) is 5.26 Å². The van der Waals surface area contributed by atoms with E-state index in [0.29, 0.717) is 18.7 Å². The molecule has 0 spiro atoms. The Balaban J connectivity index is 1.30. The number of rotatable bonds is 8. The minimum Gasteiger partial charge on any atom is -0.370 e. The van der Waals surface area contributed by atoms with Gasteiger partial charge in [0.1, 0.15) is 5.82 Å². The van der Waals surface area contributed by atoms with Crippen LogP contribution < -0.4 is 0 Å². The van der Waals surface area contributed by atoms with Crippen LogP contribution in [0.4, 0.5) is 4.39 Å². The van der Waals surface area contributed by atoms with Crippen molar-refractivity contribution in [2.24, 2.45) is 0 Å². The minimum absolute atomic E-state index is 0.0830. The molecule has 0 saturated carbocycles. The Morgan fingerprint density at radius 3 is 2.15 bits per heavy atom. The summed E-state index contributed by atoms with van der Waals surface area (Å²) in [4.78, 5) is 4.66. The number of hydrogen-bond acceptors (Lipinski definition) is 6. The van der Waals surface area contributed by atoms with E-state index in [2.05, 4.69) is 15.9 Å². The second-order valence-electron chi connectivity index (χ2n) is 8.87. The van der Waals surface area contributed by atoms with Crippen molar-refractivity contribution in [3.63, 3.8) is 0 Å². The summed E-state index contributed by atoms with van der Waals surface area (Å²) in [5, 5.41) is 8.96. The first-order valence-electron chi connectivity index (χ1n) is 11.1. The molecular formula is C24H29FN4O3S. The maximum absolute atomic E-state index is 13.2. The van der Waals surface area contributed by atoms with E-state index in [0.717, 1.165) is 38.3 Å². The molecule has 2 aliphatic rings. The molecular weight excluding hydrogens is 443 g/mol. The van der Waals surface area contributed by atoms with E-state index in [-0.39, 0.29) is 24.6 Å². The maximum atomic E-state index is 13.2. The third-order valence-electron chi connectivity index (χ3n) is 6.13. The summed E-state index contributed by atoms with van der Waals surface area (Å²) in [6.45, 7) is 5.21. The van der Waals surface area contributed by atoms with Gasteiger partial charge < -0.3 is 4.74 Å². The van der Waals surface area contributed by atoms with Gasteiger partial charge in [0.15, 0.2) is 0 Å². The highest BCUT2D eigenvalue weighted by molar-refractivity contribution is 7.88. The maximum Gasteiger partial charge on any atom is 0.211 e. The van der Waals surface area contributed by atoms with Crippen molar-refractivity contribution in [3.05, 3.63) is 71.0 Å². The second kappa shape index (κ2) is 10.3. The zero-order valence-corrected chi connectivity index (χ0v) is 19.5. The van der Waals surface area contributed by atoms with Crippen molar-refractivity contribution < 1.29 is 17.5 Å². The number of sulfonamides is 1. The molecule has 4 rings (SSSR count). The van der Waals surface area contributed by atoms with Crippen LogP contribution in [0, 0.1) is 17.1 Å². The standard InChI is InChI=1S/C24H29FN4O3S/c1-33(30,31)29(14-21-6-8-22(25)9-7-21)11-10-27-15-23-17-28(18-24(16-27)32-23)13-20-4-2-19(12-26)3-5-20/h2-9,23-24H,10-11,13-18H2,1H3. The lowest BCUT2D eigenvalue weighted by atomic mass is 10.1. The summed E-state index contributed by atoms with van der Waals surface area (Å²) in [5.41, 5.74) is 2.60. The van der Waals surface area contributed by atoms with E-state index in [1.807, 2.05) is 24.3 Å². The van der Waals surface area contributed by atoms with E-state index < -0.39 is 10.0 Å². The largest absolute Gasteiger partial charge is 0.370 e. The van der Waals surface area contributed by atoms with Gasteiger partial charge in [0, 0.05) is 52.4 Å². The molecule has 2 fully saturated rings. The number of ether oxygens (including phenoxy) is 1. The first-order chi connectivity index (χ1) is 15.8. The molecule has 0 aliphatic carbocycles. The van der Waals surface area contributed by atoms with Crippen LogP contribution in [-0.2, 0) is 27.8 Å². The summed E-state index contributed by atoms with van der Waals surface area (Å²) in [5.74, 6) is -0.335. The number of fused-ring (bicyclic) bond motifs is 2. The molecule has 0 N–H and O–H groups in total. The van der Waals surface area contributed by atoms with E-state index >= 15 is 0 Å². The first-order valence-corrected chi connectivity index (χ1v) is 12.9. The molecule has 0 aromatic heterocycles. The predicted molar refractivity (Wildman–Crippen MR) is 123 cm³/mol. The van der Waals surface area contributed by atoms with Crippen molar-refractivity contribution in [2.45, 2.75) is 25.3 Å². The molecule has 2 bridgehead atoms. The van der Waals surface area contributed by atoms with E-state index in [9.17, 15) is 12.8 Å². The van der Waals surface area contributed by atoms with Gasteiger partial charge in [-0.15, -0.1) is 0 Å². The van der Waals surface area contributed by atoms with Crippen molar-refractivity contribution >= 4 is 10.0 Å². The SMILES string of the molecule is CS(=O)(=O)N(CCN1CC2CN(Cc3ccc(C#N)cc3)CC(C1)O2)Cc1ccc(F)cc1.